The SMILES string of the molecule is N#C/C(=C/N(Cc1ccccc1)c1ccccc1)C(=O)NCc1ccc(Cl)cc1. The number of benzene rings is 3. The number of para-hydroxylation sites is 1. The molecule has 0 fully saturated rings. The minimum absolute atomic E-state index is 0.0405. The Hall–Kier alpha value is -3.55. The maximum atomic E-state index is 12.6. The van der Waals surface area contributed by atoms with E-state index >= 15 is 0 Å². The molecular weight excluding hydrogens is 382 g/mol. The number of hydrogen-bond donors (Lipinski definition) is 1. The van der Waals surface area contributed by atoms with Gasteiger partial charge in [-0.05, 0) is 35.4 Å². The molecule has 0 heterocycles. The maximum Gasteiger partial charge on any atom is 0.263 e. The third-order valence-corrected chi connectivity index (χ3v) is 4.55. The molecule has 0 radical (unpaired) electrons. The number of nitrogens with zero attached hydrogens (tertiary/aromatic N) is 2. The molecule has 3 rings (SSSR count). The first-order valence-electron chi connectivity index (χ1n) is 9.16. The highest BCUT2D eigenvalue weighted by atomic mass is 35.5. The molecule has 0 bridgehead atoms. The first-order valence-corrected chi connectivity index (χ1v) is 9.53. The normalized spacial score (nSPS) is 10.8. The smallest absolute Gasteiger partial charge is 0.263 e. The number of anilines is 1. The number of nitriles is 1. The van der Waals surface area contributed by atoms with Gasteiger partial charge in [0.25, 0.3) is 5.91 Å². The van der Waals surface area contributed by atoms with Crippen LogP contribution in [0.3, 0.4) is 0 Å². The van der Waals surface area contributed by atoms with Gasteiger partial charge in [-0.15, -0.1) is 0 Å². The van der Waals surface area contributed by atoms with Crippen molar-refractivity contribution < 1.29 is 4.79 Å². The zero-order valence-electron chi connectivity index (χ0n) is 15.8. The summed E-state index contributed by atoms with van der Waals surface area (Å²) in [7, 11) is 0. The van der Waals surface area contributed by atoms with Crippen LogP contribution in [0.2, 0.25) is 5.02 Å². The predicted octanol–water partition coefficient (Wildman–Crippen LogP) is 5.07. The quantitative estimate of drug-likeness (QED) is 0.444. The van der Waals surface area contributed by atoms with Crippen molar-refractivity contribution in [1.29, 1.82) is 5.26 Å². The third kappa shape index (κ3) is 5.97. The van der Waals surface area contributed by atoms with E-state index in [1.807, 2.05) is 83.8 Å². The lowest BCUT2D eigenvalue weighted by atomic mass is 10.2. The molecule has 0 saturated carbocycles. The Balaban J connectivity index is 1.78. The van der Waals surface area contributed by atoms with Crippen molar-refractivity contribution in [3.63, 3.8) is 0 Å². The van der Waals surface area contributed by atoms with E-state index in [-0.39, 0.29) is 5.57 Å². The van der Waals surface area contributed by atoms with Crippen molar-refractivity contribution >= 4 is 23.2 Å². The number of carbonyl (C=O) groups excluding carboxylic acids is 1. The van der Waals surface area contributed by atoms with Crippen molar-refractivity contribution in [3.8, 4) is 6.07 Å². The summed E-state index contributed by atoms with van der Waals surface area (Å²) < 4.78 is 0. The summed E-state index contributed by atoms with van der Waals surface area (Å²) in [6, 6.07) is 28.8. The van der Waals surface area contributed by atoms with Gasteiger partial charge in [-0.3, -0.25) is 4.79 Å². The second-order valence-corrected chi connectivity index (χ2v) is 6.85. The third-order valence-electron chi connectivity index (χ3n) is 4.30. The molecule has 4 nitrogen and oxygen atoms in total. The fourth-order valence-corrected chi connectivity index (χ4v) is 2.91. The molecule has 1 amide bonds. The van der Waals surface area contributed by atoms with Crippen LogP contribution >= 0.6 is 11.6 Å². The lowest BCUT2D eigenvalue weighted by Crippen LogP contribution is -2.26. The average Bonchev–Trinajstić information content (AvgIpc) is 2.77. The molecule has 0 aliphatic carbocycles. The average molecular weight is 402 g/mol. The van der Waals surface area contributed by atoms with E-state index in [4.69, 9.17) is 11.6 Å². The largest absolute Gasteiger partial charge is 0.347 e. The van der Waals surface area contributed by atoms with Crippen LogP contribution in [0, 0.1) is 11.3 Å². The van der Waals surface area contributed by atoms with Crippen LogP contribution in [0.15, 0.2) is 96.7 Å². The zero-order valence-corrected chi connectivity index (χ0v) is 16.5. The van der Waals surface area contributed by atoms with Crippen molar-refractivity contribution in [2.45, 2.75) is 13.1 Å². The molecule has 0 unspecified atom stereocenters. The fraction of sp³-hybridized carbons (Fsp3) is 0.0833. The highest BCUT2D eigenvalue weighted by Crippen LogP contribution is 2.18. The second kappa shape index (κ2) is 10.1. The van der Waals surface area contributed by atoms with E-state index in [1.54, 1.807) is 18.3 Å². The Bertz CT molecular complexity index is 1010. The molecule has 0 atom stereocenters. The monoisotopic (exact) mass is 401 g/mol. The molecule has 5 heteroatoms. The molecule has 0 aliphatic heterocycles. The molecule has 3 aromatic carbocycles. The van der Waals surface area contributed by atoms with Crippen LogP contribution in [0.1, 0.15) is 11.1 Å². The Morgan fingerprint density at radius 1 is 0.931 bits per heavy atom. The summed E-state index contributed by atoms with van der Waals surface area (Å²) >= 11 is 5.88. The topological polar surface area (TPSA) is 56.1 Å². The Kier molecular flexibility index (Phi) is 7.05. The minimum atomic E-state index is -0.420. The van der Waals surface area contributed by atoms with E-state index < -0.39 is 5.91 Å². The lowest BCUT2D eigenvalue weighted by Gasteiger charge is -2.21. The molecule has 0 aliphatic rings. The van der Waals surface area contributed by atoms with E-state index in [1.165, 1.54) is 0 Å². The number of amides is 1. The van der Waals surface area contributed by atoms with E-state index in [9.17, 15) is 10.1 Å². The predicted molar refractivity (Wildman–Crippen MR) is 116 cm³/mol. The van der Waals surface area contributed by atoms with Gasteiger partial charge in [-0.1, -0.05) is 72.3 Å². The summed E-state index contributed by atoms with van der Waals surface area (Å²) in [5.74, 6) is -0.420. The molecular formula is C24H20ClN3O. The van der Waals surface area contributed by atoms with Crippen LogP contribution in [0.5, 0.6) is 0 Å². The van der Waals surface area contributed by atoms with Gasteiger partial charge in [0.15, 0.2) is 0 Å². The van der Waals surface area contributed by atoms with Crippen molar-refractivity contribution in [2.24, 2.45) is 0 Å². The fourth-order valence-electron chi connectivity index (χ4n) is 2.78. The van der Waals surface area contributed by atoms with Crippen LogP contribution in [0.25, 0.3) is 0 Å². The molecule has 144 valence electrons. The molecule has 3 aromatic rings. The molecule has 1 N–H and O–H groups in total. The Labute approximate surface area is 175 Å². The second-order valence-electron chi connectivity index (χ2n) is 6.41. The van der Waals surface area contributed by atoms with E-state index in [2.05, 4.69) is 5.32 Å². The molecule has 0 saturated heterocycles. The van der Waals surface area contributed by atoms with Crippen LogP contribution < -0.4 is 10.2 Å². The first-order chi connectivity index (χ1) is 14.2. The Morgan fingerprint density at radius 2 is 1.55 bits per heavy atom. The van der Waals surface area contributed by atoms with Crippen molar-refractivity contribution in [3.05, 3.63) is 113 Å². The van der Waals surface area contributed by atoms with Crippen LogP contribution in [0.4, 0.5) is 5.69 Å². The number of halogens is 1. The Morgan fingerprint density at radius 3 is 2.17 bits per heavy atom. The van der Waals surface area contributed by atoms with Crippen LogP contribution in [-0.2, 0) is 17.9 Å². The zero-order chi connectivity index (χ0) is 20.5. The first kappa shape index (κ1) is 20.2. The summed E-state index contributed by atoms with van der Waals surface area (Å²) in [6.45, 7) is 0.861. The molecule has 29 heavy (non-hydrogen) atoms. The van der Waals surface area contributed by atoms with E-state index in [0.29, 0.717) is 18.1 Å². The van der Waals surface area contributed by atoms with Gasteiger partial charge in [0.1, 0.15) is 11.6 Å². The number of rotatable bonds is 7. The minimum Gasteiger partial charge on any atom is -0.347 e. The van der Waals surface area contributed by atoms with Gasteiger partial charge in [-0.2, -0.15) is 5.26 Å². The summed E-state index contributed by atoms with van der Waals surface area (Å²) in [4.78, 5) is 14.5. The molecule has 0 spiro atoms. The highest BCUT2D eigenvalue weighted by Gasteiger charge is 2.13. The van der Waals surface area contributed by atoms with E-state index in [0.717, 1.165) is 16.8 Å². The van der Waals surface area contributed by atoms with Crippen molar-refractivity contribution in [2.75, 3.05) is 4.90 Å². The van der Waals surface area contributed by atoms with Gasteiger partial charge < -0.3 is 10.2 Å². The standard InChI is InChI=1S/C24H20ClN3O/c25-22-13-11-19(12-14-22)16-27-24(29)21(15-26)18-28(23-9-5-2-6-10-23)17-20-7-3-1-4-8-20/h1-14,18H,16-17H2,(H,27,29)/b21-18-. The summed E-state index contributed by atoms with van der Waals surface area (Å²) in [5, 5.41) is 13.0. The van der Waals surface area contributed by atoms with Gasteiger partial charge in [0.05, 0.1) is 0 Å². The highest BCUT2D eigenvalue weighted by molar-refractivity contribution is 6.30. The number of carbonyl (C=O) groups is 1. The van der Waals surface area contributed by atoms with Gasteiger partial charge in [0.2, 0.25) is 0 Å². The van der Waals surface area contributed by atoms with Crippen LogP contribution in [-0.4, -0.2) is 5.91 Å². The maximum absolute atomic E-state index is 12.6. The number of nitrogens with one attached hydrogen (secondary N) is 1. The van der Waals surface area contributed by atoms with Gasteiger partial charge >= 0.3 is 0 Å². The summed E-state index contributed by atoms with van der Waals surface area (Å²) in [5.41, 5.74) is 2.92. The number of hydrogen-bond acceptors (Lipinski definition) is 3. The lowest BCUT2D eigenvalue weighted by molar-refractivity contribution is -0.117. The molecule has 0 aromatic heterocycles. The van der Waals surface area contributed by atoms with Crippen molar-refractivity contribution in [1.82, 2.24) is 5.32 Å². The van der Waals surface area contributed by atoms with Gasteiger partial charge in [-0.25, -0.2) is 0 Å². The van der Waals surface area contributed by atoms with Gasteiger partial charge in [0, 0.05) is 30.0 Å². The summed E-state index contributed by atoms with van der Waals surface area (Å²) in [6.07, 6.45) is 1.60.